The van der Waals surface area contributed by atoms with Crippen molar-refractivity contribution in [2.75, 3.05) is 7.05 Å². The molecule has 0 N–H and O–H groups in total. The average Bonchev–Trinajstić information content (AvgIpc) is 2.99. The highest BCUT2D eigenvalue weighted by Crippen LogP contribution is 2.21. The van der Waals surface area contributed by atoms with E-state index in [9.17, 15) is 4.79 Å². The number of hydrogen-bond donors (Lipinski definition) is 0. The van der Waals surface area contributed by atoms with Crippen molar-refractivity contribution in [1.29, 1.82) is 0 Å². The van der Waals surface area contributed by atoms with Gasteiger partial charge in [0.1, 0.15) is 12.4 Å². The molecule has 146 valence electrons. The molecular weight excluding hydrogens is 418 g/mol. The second kappa shape index (κ2) is 8.61. The Labute approximate surface area is 174 Å². The van der Waals surface area contributed by atoms with Gasteiger partial charge in [-0.15, -0.1) is 0 Å². The largest absolute Gasteiger partial charge is 0.489 e. The molecule has 1 aromatic heterocycles. The zero-order valence-corrected chi connectivity index (χ0v) is 18.2. The maximum Gasteiger partial charge on any atom is 0.253 e. The van der Waals surface area contributed by atoms with E-state index < -0.39 is 0 Å². The minimum absolute atomic E-state index is 0.0403. The molecule has 0 radical (unpaired) electrons. The number of carbonyl (C=O) groups is 1. The van der Waals surface area contributed by atoms with Gasteiger partial charge in [0.05, 0.1) is 22.9 Å². The standard InChI is InChI=1S/C22H24BrN3O2/c1-15-8-9-21(16(2)10-15)28-14-17-6-5-7-18(11-17)22(27)25(3)13-20-19(23)12-24-26(20)4/h5-12H,13-14H2,1-4H3. The highest BCUT2D eigenvalue weighted by Gasteiger charge is 2.16. The summed E-state index contributed by atoms with van der Waals surface area (Å²) < 4.78 is 8.61. The first-order valence-electron chi connectivity index (χ1n) is 9.06. The lowest BCUT2D eigenvalue weighted by Crippen LogP contribution is -2.27. The van der Waals surface area contributed by atoms with Crippen LogP contribution in [0.15, 0.2) is 53.1 Å². The number of rotatable bonds is 6. The number of halogens is 1. The number of nitrogens with zero attached hydrogens (tertiary/aromatic N) is 3. The van der Waals surface area contributed by atoms with E-state index in [0.717, 1.165) is 27.0 Å². The van der Waals surface area contributed by atoms with Crippen molar-refractivity contribution < 1.29 is 9.53 Å². The quantitative estimate of drug-likeness (QED) is 0.559. The van der Waals surface area contributed by atoms with Crippen LogP contribution >= 0.6 is 15.9 Å². The predicted octanol–water partition coefficient (Wildman–Crippen LogP) is 4.65. The summed E-state index contributed by atoms with van der Waals surface area (Å²) in [6.45, 7) is 4.99. The molecule has 3 rings (SSSR count). The highest BCUT2D eigenvalue weighted by molar-refractivity contribution is 9.10. The van der Waals surface area contributed by atoms with Gasteiger partial charge in [0.2, 0.25) is 0 Å². The maximum absolute atomic E-state index is 12.9. The third-order valence-corrected chi connectivity index (χ3v) is 5.31. The van der Waals surface area contributed by atoms with Crippen LogP contribution < -0.4 is 4.74 Å². The minimum atomic E-state index is -0.0403. The number of ether oxygens (including phenoxy) is 1. The number of benzene rings is 2. The highest BCUT2D eigenvalue weighted by atomic mass is 79.9. The summed E-state index contributed by atoms with van der Waals surface area (Å²) in [6.07, 6.45) is 1.73. The topological polar surface area (TPSA) is 47.4 Å². The second-order valence-corrected chi connectivity index (χ2v) is 7.84. The molecule has 0 aliphatic carbocycles. The summed E-state index contributed by atoms with van der Waals surface area (Å²) in [4.78, 5) is 14.5. The SMILES string of the molecule is Cc1ccc(OCc2cccc(C(=O)N(C)Cc3c(Br)cnn3C)c2)c(C)c1. The van der Waals surface area contributed by atoms with Crippen molar-refractivity contribution in [3.05, 3.63) is 81.1 Å². The van der Waals surface area contributed by atoms with Crippen LogP contribution in [-0.2, 0) is 20.2 Å². The Kier molecular flexibility index (Phi) is 6.19. The summed E-state index contributed by atoms with van der Waals surface area (Å²) >= 11 is 3.48. The van der Waals surface area contributed by atoms with Gasteiger partial charge in [-0.25, -0.2) is 0 Å². The van der Waals surface area contributed by atoms with Crippen LogP contribution in [0.4, 0.5) is 0 Å². The van der Waals surface area contributed by atoms with Gasteiger partial charge in [-0.05, 0) is 59.1 Å². The summed E-state index contributed by atoms with van der Waals surface area (Å²) in [7, 11) is 3.66. The second-order valence-electron chi connectivity index (χ2n) is 6.98. The van der Waals surface area contributed by atoms with Gasteiger partial charge in [-0.2, -0.15) is 5.10 Å². The monoisotopic (exact) mass is 441 g/mol. The van der Waals surface area contributed by atoms with Gasteiger partial charge in [-0.3, -0.25) is 9.48 Å². The van der Waals surface area contributed by atoms with Crippen molar-refractivity contribution in [2.45, 2.75) is 27.0 Å². The lowest BCUT2D eigenvalue weighted by molar-refractivity contribution is 0.0781. The Hall–Kier alpha value is -2.60. The van der Waals surface area contributed by atoms with Crippen molar-refractivity contribution in [1.82, 2.24) is 14.7 Å². The Balaban J connectivity index is 1.69. The number of aryl methyl sites for hydroxylation is 3. The fourth-order valence-corrected chi connectivity index (χ4v) is 3.52. The fourth-order valence-electron chi connectivity index (χ4n) is 3.05. The Morgan fingerprint density at radius 2 is 2.00 bits per heavy atom. The molecule has 5 nitrogen and oxygen atoms in total. The van der Waals surface area contributed by atoms with E-state index in [4.69, 9.17) is 4.74 Å². The van der Waals surface area contributed by atoms with Crippen molar-refractivity contribution >= 4 is 21.8 Å². The van der Waals surface area contributed by atoms with E-state index in [1.54, 1.807) is 22.8 Å². The lowest BCUT2D eigenvalue weighted by atomic mass is 10.1. The summed E-state index contributed by atoms with van der Waals surface area (Å²) in [5, 5.41) is 4.20. The van der Waals surface area contributed by atoms with Gasteiger partial charge in [-0.1, -0.05) is 29.8 Å². The molecule has 6 heteroatoms. The first-order valence-corrected chi connectivity index (χ1v) is 9.85. The number of carbonyl (C=O) groups excluding carboxylic acids is 1. The van der Waals surface area contributed by atoms with Gasteiger partial charge >= 0.3 is 0 Å². The van der Waals surface area contributed by atoms with Crippen LogP contribution in [0.1, 0.15) is 32.7 Å². The molecule has 3 aromatic rings. The smallest absolute Gasteiger partial charge is 0.253 e. The van der Waals surface area contributed by atoms with Crippen LogP contribution in [-0.4, -0.2) is 27.6 Å². The van der Waals surface area contributed by atoms with Crippen LogP contribution in [0, 0.1) is 13.8 Å². The zero-order valence-electron chi connectivity index (χ0n) is 16.6. The molecule has 0 saturated heterocycles. The van der Waals surface area contributed by atoms with Gasteiger partial charge in [0.15, 0.2) is 0 Å². The average molecular weight is 442 g/mol. The Morgan fingerprint density at radius 1 is 1.21 bits per heavy atom. The summed E-state index contributed by atoms with van der Waals surface area (Å²) in [5.74, 6) is 0.821. The zero-order chi connectivity index (χ0) is 20.3. The van der Waals surface area contributed by atoms with E-state index >= 15 is 0 Å². The van der Waals surface area contributed by atoms with Crippen molar-refractivity contribution in [3.63, 3.8) is 0 Å². The number of amides is 1. The molecule has 0 aliphatic rings. The third kappa shape index (κ3) is 4.62. The van der Waals surface area contributed by atoms with Crippen LogP contribution in [0.5, 0.6) is 5.75 Å². The molecule has 0 bridgehead atoms. The predicted molar refractivity (Wildman–Crippen MR) is 113 cm³/mol. The molecule has 0 fully saturated rings. The van der Waals surface area contributed by atoms with Gasteiger partial charge in [0, 0.05) is 19.7 Å². The Morgan fingerprint density at radius 3 is 2.68 bits per heavy atom. The van der Waals surface area contributed by atoms with Crippen molar-refractivity contribution in [2.24, 2.45) is 7.05 Å². The number of hydrogen-bond acceptors (Lipinski definition) is 3. The maximum atomic E-state index is 12.9. The van der Waals surface area contributed by atoms with Gasteiger partial charge < -0.3 is 9.64 Å². The minimum Gasteiger partial charge on any atom is -0.489 e. The van der Waals surface area contributed by atoms with E-state index in [-0.39, 0.29) is 5.91 Å². The summed E-state index contributed by atoms with van der Waals surface area (Å²) in [6, 6.07) is 13.7. The van der Waals surface area contributed by atoms with E-state index in [2.05, 4.69) is 34.0 Å². The Bertz CT molecular complexity index is 978. The van der Waals surface area contributed by atoms with Crippen LogP contribution in [0.25, 0.3) is 0 Å². The lowest BCUT2D eigenvalue weighted by Gasteiger charge is -2.18. The molecule has 0 saturated carbocycles. The molecule has 0 atom stereocenters. The first-order chi connectivity index (χ1) is 13.3. The van der Waals surface area contributed by atoms with Crippen LogP contribution in [0.2, 0.25) is 0 Å². The van der Waals surface area contributed by atoms with E-state index in [1.165, 1.54) is 5.56 Å². The molecule has 28 heavy (non-hydrogen) atoms. The molecule has 0 spiro atoms. The molecule has 1 amide bonds. The van der Waals surface area contributed by atoms with Crippen LogP contribution in [0.3, 0.4) is 0 Å². The third-order valence-electron chi connectivity index (χ3n) is 4.64. The van der Waals surface area contributed by atoms with Crippen molar-refractivity contribution in [3.8, 4) is 5.75 Å². The fraction of sp³-hybridized carbons (Fsp3) is 0.273. The molecular formula is C22H24BrN3O2. The summed E-state index contributed by atoms with van der Waals surface area (Å²) in [5.41, 5.74) is 4.86. The molecule has 2 aromatic carbocycles. The molecule has 1 heterocycles. The van der Waals surface area contributed by atoms with Gasteiger partial charge in [0.25, 0.3) is 5.91 Å². The molecule has 0 unspecified atom stereocenters. The normalized spacial score (nSPS) is 10.8. The number of aromatic nitrogens is 2. The molecule has 0 aliphatic heterocycles. The van der Waals surface area contributed by atoms with E-state index in [1.807, 2.05) is 50.4 Å². The first kappa shape index (κ1) is 20.1. The van der Waals surface area contributed by atoms with E-state index in [0.29, 0.717) is 18.7 Å².